The van der Waals surface area contributed by atoms with E-state index in [0.717, 1.165) is 28.6 Å². The van der Waals surface area contributed by atoms with Gasteiger partial charge in [0.25, 0.3) is 0 Å². The monoisotopic (exact) mass is 294 g/mol. The molecule has 4 rings (SSSR count). The number of amides is 1. The molecule has 3 aromatic rings. The van der Waals surface area contributed by atoms with Crippen LogP contribution in [0, 0.1) is 0 Å². The lowest BCUT2D eigenvalue weighted by Gasteiger charge is -2.14. The maximum atomic E-state index is 12.6. The van der Waals surface area contributed by atoms with Crippen LogP contribution in [0.2, 0.25) is 0 Å². The Hall–Kier alpha value is -2.20. The Labute approximate surface area is 126 Å². The van der Waals surface area contributed by atoms with Crippen LogP contribution in [0.25, 0.3) is 10.2 Å². The van der Waals surface area contributed by atoms with Crippen molar-refractivity contribution in [3.8, 4) is 0 Å². The molecular formula is C17H14N2OS. The Kier molecular flexibility index (Phi) is 2.79. The van der Waals surface area contributed by atoms with Crippen molar-refractivity contribution in [3.05, 3.63) is 60.2 Å². The summed E-state index contributed by atoms with van der Waals surface area (Å²) in [6.45, 7) is 0. The molecule has 0 spiro atoms. The van der Waals surface area contributed by atoms with Crippen LogP contribution in [-0.2, 0) is 10.2 Å². The minimum Gasteiger partial charge on any atom is -0.301 e. The predicted molar refractivity (Wildman–Crippen MR) is 85.6 cm³/mol. The van der Waals surface area contributed by atoms with E-state index in [1.54, 1.807) is 0 Å². The molecule has 104 valence electrons. The van der Waals surface area contributed by atoms with E-state index in [1.807, 2.05) is 54.6 Å². The normalized spacial score (nSPS) is 15.8. The van der Waals surface area contributed by atoms with Crippen LogP contribution in [0.5, 0.6) is 0 Å². The third-order valence-electron chi connectivity index (χ3n) is 4.03. The van der Waals surface area contributed by atoms with Crippen molar-refractivity contribution in [1.82, 2.24) is 4.98 Å². The van der Waals surface area contributed by atoms with Gasteiger partial charge in [-0.05, 0) is 30.5 Å². The molecule has 1 amide bonds. The Morgan fingerprint density at radius 1 is 1.05 bits per heavy atom. The van der Waals surface area contributed by atoms with Crippen LogP contribution >= 0.6 is 11.3 Å². The van der Waals surface area contributed by atoms with Crippen LogP contribution in [0.15, 0.2) is 54.6 Å². The molecule has 0 radical (unpaired) electrons. The lowest BCUT2D eigenvalue weighted by molar-refractivity contribution is -0.118. The molecule has 1 heterocycles. The average molecular weight is 294 g/mol. The maximum absolute atomic E-state index is 12.6. The van der Waals surface area contributed by atoms with E-state index in [1.165, 1.54) is 11.3 Å². The molecule has 1 aliphatic carbocycles. The molecule has 2 aromatic carbocycles. The van der Waals surface area contributed by atoms with Crippen molar-refractivity contribution >= 4 is 32.6 Å². The van der Waals surface area contributed by atoms with Gasteiger partial charge in [0.1, 0.15) is 0 Å². The number of anilines is 1. The van der Waals surface area contributed by atoms with Gasteiger partial charge in [-0.3, -0.25) is 4.79 Å². The summed E-state index contributed by atoms with van der Waals surface area (Å²) < 4.78 is 1.09. The largest absolute Gasteiger partial charge is 0.301 e. The van der Waals surface area contributed by atoms with Crippen molar-refractivity contribution < 1.29 is 4.79 Å². The Morgan fingerprint density at radius 3 is 2.48 bits per heavy atom. The molecule has 1 saturated carbocycles. The highest BCUT2D eigenvalue weighted by Crippen LogP contribution is 2.49. The van der Waals surface area contributed by atoms with Crippen LogP contribution in [0.1, 0.15) is 18.4 Å². The second kappa shape index (κ2) is 4.67. The molecule has 1 N–H and O–H groups in total. The number of rotatable bonds is 3. The number of para-hydroxylation sites is 1. The van der Waals surface area contributed by atoms with Gasteiger partial charge < -0.3 is 5.32 Å². The first-order valence-corrected chi connectivity index (χ1v) is 7.82. The van der Waals surface area contributed by atoms with Crippen LogP contribution < -0.4 is 5.32 Å². The quantitative estimate of drug-likeness (QED) is 0.794. The molecule has 0 unspecified atom stereocenters. The fourth-order valence-electron chi connectivity index (χ4n) is 2.67. The average Bonchev–Trinajstić information content (AvgIpc) is 3.23. The van der Waals surface area contributed by atoms with E-state index in [0.29, 0.717) is 5.13 Å². The molecule has 1 fully saturated rings. The molecule has 3 nitrogen and oxygen atoms in total. The highest BCUT2D eigenvalue weighted by Gasteiger charge is 2.51. The van der Waals surface area contributed by atoms with Crippen molar-refractivity contribution in [2.75, 3.05) is 5.32 Å². The van der Waals surface area contributed by atoms with Gasteiger partial charge in [-0.1, -0.05) is 53.8 Å². The Balaban J connectivity index is 1.61. The number of nitrogens with zero attached hydrogens (tertiary/aromatic N) is 1. The van der Waals surface area contributed by atoms with E-state index < -0.39 is 0 Å². The van der Waals surface area contributed by atoms with Crippen molar-refractivity contribution in [2.24, 2.45) is 0 Å². The van der Waals surface area contributed by atoms with Crippen molar-refractivity contribution in [1.29, 1.82) is 0 Å². The van der Waals surface area contributed by atoms with Gasteiger partial charge in [-0.15, -0.1) is 0 Å². The van der Waals surface area contributed by atoms with Crippen LogP contribution in [0.3, 0.4) is 0 Å². The zero-order valence-corrected chi connectivity index (χ0v) is 12.2. The lowest BCUT2D eigenvalue weighted by atomic mass is 9.95. The highest BCUT2D eigenvalue weighted by atomic mass is 32.1. The summed E-state index contributed by atoms with van der Waals surface area (Å²) in [4.78, 5) is 17.1. The van der Waals surface area contributed by atoms with Crippen molar-refractivity contribution in [3.63, 3.8) is 0 Å². The topological polar surface area (TPSA) is 42.0 Å². The Morgan fingerprint density at radius 2 is 1.76 bits per heavy atom. The number of aromatic nitrogens is 1. The summed E-state index contributed by atoms with van der Waals surface area (Å²) in [6.07, 6.45) is 1.82. The first-order chi connectivity index (χ1) is 10.3. The molecule has 0 saturated heterocycles. The lowest BCUT2D eigenvalue weighted by Crippen LogP contribution is -2.27. The first-order valence-electron chi connectivity index (χ1n) is 7.00. The van der Waals surface area contributed by atoms with Gasteiger partial charge in [0, 0.05) is 0 Å². The highest BCUT2D eigenvalue weighted by molar-refractivity contribution is 7.22. The van der Waals surface area contributed by atoms with Gasteiger partial charge >= 0.3 is 0 Å². The second-order valence-corrected chi connectivity index (χ2v) is 6.42. The van der Waals surface area contributed by atoms with Gasteiger partial charge in [0.2, 0.25) is 5.91 Å². The molecular weight excluding hydrogens is 280 g/mol. The van der Waals surface area contributed by atoms with Gasteiger partial charge in [0.05, 0.1) is 15.6 Å². The number of carbonyl (C=O) groups is 1. The molecule has 1 aliphatic rings. The summed E-state index contributed by atoms with van der Waals surface area (Å²) >= 11 is 1.52. The molecule has 0 atom stereocenters. The summed E-state index contributed by atoms with van der Waals surface area (Å²) in [5, 5.41) is 3.68. The third-order valence-corrected chi connectivity index (χ3v) is 4.98. The number of benzene rings is 2. The van der Waals surface area contributed by atoms with Gasteiger partial charge in [-0.25, -0.2) is 4.98 Å². The smallest absolute Gasteiger partial charge is 0.236 e. The second-order valence-electron chi connectivity index (χ2n) is 5.39. The first kappa shape index (κ1) is 12.5. The number of hydrogen-bond donors (Lipinski definition) is 1. The van der Waals surface area contributed by atoms with E-state index in [2.05, 4.69) is 10.3 Å². The van der Waals surface area contributed by atoms with Crippen LogP contribution in [-0.4, -0.2) is 10.9 Å². The fourth-order valence-corrected chi connectivity index (χ4v) is 3.53. The SMILES string of the molecule is O=C(Nc1nc2ccccc2s1)C1(c2ccccc2)CC1. The number of hydrogen-bond acceptors (Lipinski definition) is 3. The standard InChI is InChI=1S/C17H14N2OS/c20-15(17(10-11-17)12-6-2-1-3-7-12)19-16-18-13-8-4-5-9-14(13)21-16/h1-9H,10-11H2,(H,18,19,20). The summed E-state index contributed by atoms with van der Waals surface area (Å²) in [5.41, 5.74) is 1.69. The molecule has 0 aliphatic heterocycles. The minimum absolute atomic E-state index is 0.0627. The third kappa shape index (κ3) is 2.12. The van der Waals surface area contributed by atoms with E-state index in [9.17, 15) is 4.79 Å². The van der Waals surface area contributed by atoms with Crippen LogP contribution in [0.4, 0.5) is 5.13 Å². The summed E-state index contributed by atoms with van der Waals surface area (Å²) in [5.74, 6) is 0.0627. The summed E-state index contributed by atoms with van der Waals surface area (Å²) in [7, 11) is 0. The minimum atomic E-state index is -0.348. The van der Waals surface area contributed by atoms with Crippen molar-refractivity contribution in [2.45, 2.75) is 18.3 Å². The van der Waals surface area contributed by atoms with Gasteiger partial charge in [-0.2, -0.15) is 0 Å². The molecule has 21 heavy (non-hydrogen) atoms. The predicted octanol–water partition coefficient (Wildman–Crippen LogP) is 3.97. The summed E-state index contributed by atoms with van der Waals surface area (Å²) in [6, 6.07) is 17.9. The number of carbonyl (C=O) groups excluding carboxylic acids is 1. The van der Waals surface area contributed by atoms with E-state index >= 15 is 0 Å². The van der Waals surface area contributed by atoms with E-state index in [-0.39, 0.29) is 11.3 Å². The van der Waals surface area contributed by atoms with E-state index in [4.69, 9.17) is 0 Å². The molecule has 1 aromatic heterocycles. The maximum Gasteiger partial charge on any atom is 0.236 e. The molecule has 4 heteroatoms. The number of fused-ring (bicyclic) bond motifs is 1. The fraction of sp³-hybridized carbons (Fsp3) is 0.176. The zero-order chi connectivity index (χ0) is 14.3. The van der Waals surface area contributed by atoms with Gasteiger partial charge in [0.15, 0.2) is 5.13 Å². The zero-order valence-electron chi connectivity index (χ0n) is 11.4. The number of nitrogens with one attached hydrogen (secondary N) is 1. The Bertz CT molecular complexity index is 773. The number of thiazole rings is 1. The molecule has 0 bridgehead atoms.